The summed E-state index contributed by atoms with van der Waals surface area (Å²) in [5.41, 5.74) is 1.59. The lowest BCUT2D eigenvalue weighted by Crippen LogP contribution is -2.36. The second-order valence-electron chi connectivity index (χ2n) is 6.18. The highest BCUT2D eigenvalue weighted by atomic mass is 19.1. The first kappa shape index (κ1) is 16.2. The summed E-state index contributed by atoms with van der Waals surface area (Å²) < 4.78 is 14.5. The fourth-order valence-corrected chi connectivity index (χ4v) is 3.04. The first-order valence-corrected chi connectivity index (χ1v) is 8.01. The van der Waals surface area contributed by atoms with Crippen LogP contribution in [0.25, 0.3) is 0 Å². The van der Waals surface area contributed by atoms with Crippen molar-refractivity contribution in [2.45, 2.75) is 58.2 Å². The van der Waals surface area contributed by atoms with Crippen LogP contribution in [0.3, 0.4) is 0 Å². The average Bonchev–Trinajstić information content (AvgIpc) is 2.97. The largest absolute Gasteiger partial charge is 0.395 e. The van der Waals surface area contributed by atoms with E-state index in [0.29, 0.717) is 30.9 Å². The third-order valence-electron chi connectivity index (χ3n) is 4.14. The first-order valence-electron chi connectivity index (χ1n) is 8.01. The minimum absolute atomic E-state index is 0.0621. The van der Waals surface area contributed by atoms with Gasteiger partial charge in [-0.05, 0) is 30.5 Å². The van der Waals surface area contributed by atoms with Gasteiger partial charge in [0.05, 0.1) is 12.3 Å². The number of anilines is 1. The van der Waals surface area contributed by atoms with Crippen molar-refractivity contribution < 1.29 is 9.50 Å². The van der Waals surface area contributed by atoms with Gasteiger partial charge in [-0.15, -0.1) is 0 Å². The van der Waals surface area contributed by atoms with Gasteiger partial charge in [0.2, 0.25) is 0 Å². The van der Waals surface area contributed by atoms with Gasteiger partial charge in [-0.2, -0.15) is 0 Å². The minimum atomic E-state index is -0.182. The van der Waals surface area contributed by atoms with E-state index in [0.717, 1.165) is 18.4 Å². The molecule has 1 aliphatic carbocycles. The molecule has 0 aliphatic heterocycles. The number of aliphatic hydroxyl groups excluding tert-OH is 1. The summed E-state index contributed by atoms with van der Waals surface area (Å²) in [5, 5.41) is 12.6. The SMILES string of the molecule is CC(C)NCc1ccc(N(CCO)C2CCCC2)c(F)c1. The monoisotopic (exact) mass is 294 g/mol. The molecule has 1 fully saturated rings. The predicted octanol–water partition coefficient (Wildman–Crippen LogP) is 3.07. The lowest BCUT2D eigenvalue weighted by molar-refractivity contribution is 0.296. The van der Waals surface area contributed by atoms with Gasteiger partial charge in [-0.25, -0.2) is 4.39 Å². The Labute approximate surface area is 127 Å². The van der Waals surface area contributed by atoms with Crippen LogP contribution in [0.5, 0.6) is 0 Å². The van der Waals surface area contributed by atoms with Gasteiger partial charge < -0.3 is 15.3 Å². The highest BCUT2D eigenvalue weighted by Crippen LogP contribution is 2.30. The molecule has 2 rings (SSSR count). The third kappa shape index (κ3) is 4.42. The molecule has 0 radical (unpaired) electrons. The van der Waals surface area contributed by atoms with Crippen LogP contribution in [0.2, 0.25) is 0 Å². The Balaban J connectivity index is 2.12. The number of halogens is 1. The van der Waals surface area contributed by atoms with Gasteiger partial charge >= 0.3 is 0 Å². The molecule has 1 aliphatic rings. The van der Waals surface area contributed by atoms with Gasteiger partial charge in [0.25, 0.3) is 0 Å². The lowest BCUT2D eigenvalue weighted by Gasteiger charge is -2.31. The molecule has 3 nitrogen and oxygen atoms in total. The summed E-state index contributed by atoms with van der Waals surface area (Å²) in [6.45, 7) is 5.40. The number of aliphatic hydroxyl groups is 1. The number of hydrogen-bond donors (Lipinski definition) is 2. The zero-order valence-electron chi connectivity index (χ0n) is 13.1. The second-order valence-corrected chi connectivity index (χ2v) is 6.18. The van der Waals surface area contributed by atoms with Crippen LogP contribution in [-0.4, -0.2) is 30.3 Å². The molecule has 0 spiro atoms. The van der Waals surface area contributed by atoms with E-state index in [-0.39, 0.29) is 12.4 Å². The van der Waals surface area contributed by atoms with Gasteiger partial charge in [-0.1, -0.05) is 32.8 Å². The van der Waals surface area contributed by atoms with Crippen LogP contribution in [0, 0.1) is 5.82 Å². The predicted molar refractivity (Wildman–Crippen MR) is 85.1 cm³/mol. The van der Waals surface area contributed by atoms with Crippen molar-refractivity contribution in [1.29, 1.82) is 0 Å². The molecule has 2 N–H and O–H groups in total. The molecule has 4 heteroatoms. The van der Waals surface area contributed by atoms with Crippen LogP contribution < -0.4 is 10.2 Å². The average molecular weight is 294 g/mol. The van der Waals surface area contributed by atoms with Crippen molar-refractivity contribution in [3.63, 3.8) is 0 Å². The Morgan fingerprint density at radius 3 is 2.62 bits per heavy atom. The molecule has 0 amide bonds. The maximum absolute atomic E-state index is 14.5. The smallest absolute Gasteiger partial charge is 0.146 e. The van der Waals surface area contributed by atoms with E-state index in [1.165, 1.54) is 12.8 Å². The standard InChI is InChI=1S/C17H27FN2O/c1-13(2)19-12-14-7-8-17(16(18)11-14)20(9-10-21)15-5-3-4-6-15/h7-8,11,13,15,19,21H,3-6,9-10,12H2,1-2H3. The quantitative estimate of drug-likeness (QED) is 0.811. The van der Waals surface area contributed by atoms with Crippen molar-refractivity contribution in [3.05, 3.63) is 29.6 Å². The Kier molecular flexibility index (Phi) is 6.00. The summed E-state index contributed by atoms with van der Waals surface area (Å²) in [7, 11) is 0. The van der Waals surface area contributed by atoms with Gasteiger partial charge in [0.1, 0.15) is 5.82 Å². The molecule has 0 bridgehead atoms. The first-order chi connectivity index (χ1) is 10.1. The molecule has 1 aromatic carbocycles. The van der Waals surface area contributed by atoms with E-state index in [2.05, 4.69) is 19.2 Å². The molecule has 118 valence electrons. The lowest BCUT2D eigenvalue weighted by atomic mass is 10.1. The highest BCUT2D eigenvalue weighted by molar-refractivity contribution is 5.50. The van der Waals surface area contributed by atoms with Crippen molar-refractivity contribution >= 4 is 5.69 Å². The Bertz CT molecular complexity index is 444. The number of nitrogens with one attached hydrogen (secondary N) is 1. The normalized spacial score (nSPS) is 15.9. The van der Waals surface area contributed by atoms with Gasteiger partial charge in [-0.3, -0.25) is 0 Å². The van der Waals surface area contributed by atoms with E-state index in [4.69, 9.17) is 0 Å². The van der Waals surface area contributed by atoms with E-state index in [9.17, 15) is 9.50 Å². The maximum atomic E-state index is 14.5. The highest BCUT2D eigenvalue weighted by Gasteiger charge is 2.24. The summed E-state index contributed by atoms with van der Waals surface area (Å²) in [6, 6.07) is 6.21. The topological polar surface area (TPSA) is 35.5 Å². The summed E-state index contributed by atoms with van der Waals surface area (Å²) >= 11 is 0. The molecule has 1 saturated carbocycles. The molecular weight excluding hydrogens is 267 g/mol. The van der Waals surface area contributed by atoms with Crippen molar-refractivity contribution in [1.82, 2.24) is 5.32 Å². The fourth-order valence-electron chi connectivity index (χ4n) is 3.04. The van der Waals surface area contributed by atoms with Gasteiger partial charge in [0.15, 0.2) is 0 Å². The summed E-state index contributed by atoms with van der Waals surface area (Å²) in [6.07, 6.45) is 4.58. The van der Waals surface area contributed by atoms with Crippen LogP contribution in [0.4, 0.5) is 10.1 Å². The van der Waals surface area contributed by atoms with Crippen LogP contribution in [-0.2, 0) is 6.54 Å². The third-order valence-corrected chi connectivity index (χ3v) is 4.14. The Morgan fingerprint density at radius 1 is 1.33 bits per heavy atom. The molecule has 0 saturated heterocycles. The molecule has 0 atom stereocenters. The van der Waals surface area contributed by atoms with Crippen LogP contribution in [0.1, 0.15) is 45.1 Å². The van der Waals surface area contributed by atoms with Crippen molar-refractivity contribution in [3.8, 4) is 0 Å². The van der Waals surface area contributed by atoms with Gasteiger partial charge in [0, 0.05) is 25.2 Å². The molecule has 21 heavy (non-hydrogen) atoms. The fraction of sp³-hybridized carbons (Fsp3) is 0.647. The number of benzene rings is 1. The Morgan fingerprint density at radius 2 is 2.05 bits per heavy atom. The maximum Gasteiger partial charge on any atom is 0.146 e. The van der Waals surface area contributed by atoms with E-state index >= 15 is 0 Å². The number of nitrogens with zero attached hydrogens (tertiary/aromatic N) is 1. The van der Waals surface area contributed by atoms with E-state index in [1.807, 2.05) is 17.0 Å². The zero-order valence-corrected chi connectivity index (χ0v) is 13.1. The molecular formula is C17H27FN2O. The summed E-state index contributed by atoms with van der Waals surface area (Å²) in [5.74, 6) is -0.182. The summed E-state index contributed by atoms with van der Waals surface area (Å²) in [4.78, 5) is 2.04. The minimum Gasteiger partial charge on any atom is -0.395 e. The second kappa shape index (κ2) is 7.76. The molecule has 1 aromatic rings. The van der Waals surface area contributed by atoms with Crippen LogP contribution in [0.15, 0.2) is 18.2 Å². The van der Waals surface area contributed by atoms with E-state index in [1.54, 1.807) is 6.07 Å². The Hall–Kier alpha value is -1.13. The molecule has 0 unspecified atom stereocenters. The van der Waals surface area contributed by atoms with E-state index < -0.39 is 0 Å². The molecule has 0 aromatic heterocycles. The number of hydrogen-bond acceptors (Lipinski definition) is 3. The number of rotatable bonds is 7. The zero-order chi connectivity index (χ0) is 15.2. The van der Waals surface area contributed by atoms with Crippen molar-refractivity contribution in [2.24, 2.45) is 0 Å². The van der Waals surface area contributed by atoms with Crippen molar-refractivity contribution in [2.75, 3.05) is 18.1 Å². The van der Waals surface area contributed by atoms with Crippen LogP contribution >= 0.6 is 0 Å². The molecule has 0 heterocycles.